The second-order valence-electron chi connectivity index (χ2n) is 4.97. The van der Waals surface area contributed by atoms with Crippen molar-refractivity contribution in [1.29, 1.82) is 0 Å². The molecule has 0 saturated heterocycles. The van der Waals surface area contributed by atoms with Gasteiger partial charge in [-0.1, -0.05) is 30.3 Å². The Morgan fingerprint density at radius 1 is 1.14 bits per heavy atom. The van der Waals surface area contributed by atoms with Gasteiger partial charge in [-0.15, -0.1) is 11.8 Å². The fourth-order valence-electron chi connectivity index (χ4n) is 2.26. The van der Waals surface area contributed by atoms with E-state index in [0.717, 1.165) is 16.1 Å². The van der Waals surface area contributed by atoms with Crippen LogP contribution in [0.15, 0.2) is 59.8 Å². The molecular weight excluding hydrogens is 294 g/mol. The summed E-state index contributed by atoms with van der Waals surface area (Å²) in [6.07, 6.45) is 3.61. The Balaban J connectivity index is 1.97. The molecule has 0 atom stereocenters. The fraction of sp³-hybridized carbons (Fsp3) is 0.118. The van der Waals surface area contributed by atoms with Crippen molar-refractivity contribution in [2.75, 3.05) is 11.7 Å². The minimum Gasteiger partial charge on any atom is -0.492 e. The zero-order valence-electron chi connectivity index (χ0n) is 12.4. The highest BCUT2D eigenvalue weighted by molar-refractivity contribution is 7.98. The molecule has 0 aliphatic rings. The normalized spacial score (nSPS) is 10.6. The number of hydrogen-bond donors (Lipinski definition) is 2. The average molecular weight is 311 g/mol. The van der Waals surface area contributed by atoms with Crippen molar-refractivity contribution in [3.8, 4) is 17.1 Å². The number of nitrogens with zero attached hydrogens (tertiary/aromatic N) is 2. The van der Waals surface area contributed by atoms with Crippen LogP contribution in [0.4, 0.5) is 5.69 Å². The summed E-state index contributed by atoms with van der Waals surface area (Å²) in [5.41, 5.74) is 6.69. The number of aromatic nitrogens is 2. The van der Waals surface area contributed by atoms with Crippen LogP contribution < -0.4 is 5.43 Å². The number of rotatable bonds is 4. The van der Waals surface area contributed by atoms with E-state index in [1.54, 1.807) is 18.1 Å². The van der Waals surface area contributed by atoms with E-state index in [1.165, 1.54) is 10.2 Å². The molecule has 0 bridgehead atoms. The van der Waals surface area contributed by atoms with Crippen LogP contribution in [0.1, 0.15) is 5.56 Å². The average Bonchev–Trinajstić information content (AvgIpc) is 2.89. The molecule has 5 heteroatoms. The first-order valence-corrected chi connectivity index (χ1v) is 8.15. The van der Waals surface area contributed by atoms with Gasteiger partial charge < -0.3 is 5.11 Å². The van der Waals surface area contributed by atoms with E-state index >= 15 is 0 Å². The molecule has 0 fully saturated rings. The maximum Gasteiger partial charge on any atom is 0.239 e. The van der Waals surface area contributed by atoms with Gasteiger partial charge in [0.05, 0.1) is 5.69 Å². The molecule has 0 aliphatic heterocycles. The van der Waals surface area contributed by atoms with E-state index in [0.29, 0.717) is 5.69 Å². The van der Waals surface area contributed by atoms with Gasteiger partial charge in [-0.2, -0.15) is 0 Å². The van der Waals surface area contributed by atoms with Crippen LogP contribution in [-0.2, 0) is 0 Å². The fourth-order valence-corrected chi connectivity index (χ4v) is 2.95. The van der Waals surface area contributed by atoms with Crippen LogP contribution in [-0.4, -0.2) is 21.0 Å². The van der Waals surface area contributed by atoms with Crippen LogP contribution in [0.3, 0.4) is 0 Å². The third-order valence-electron chi connectivity index (χ3n) is 3.38. The second-order valence-corrected chi connectivity index (χ2v) is 5.82. The smallest absolute Gasteiger partial charge is 0.239 e. The summed E-state index contributed by atoms with van der Waals surface area (Å²) in [5, 5.41) is 10.5. The molecule has 112 valence electrons. The summed E-state index contributed by atoms with van der Waals surface area (Å²) in [5.74, 6) is 0.100. The van der Waals surface area contributed by atoms with Crippen LogP contribution >= 0.6 is 11.8 Å². The van der Waals surface area contributed by atoms with Gasteiger partial charge in [0.15, 0.2) is 0 Å². The molecule has 1 heterocycles. The van der Waals surface area contributed by atoms with Crippen molar-refractivity contribution >= 4 is 17.4 Å². The summed E-state index contributed by atoms with van der Waals surface area (Å²) in [6, 6.07) is 15.8. The van der Waals surface area contributed by atoms with Crippen LogP contribution in [0, 0.1) is 6.92 Å². The maximum atomic E-state index is 10.5. The maximum absolute atomic E-state index is 10.5. The molecule has 22 heavy (non-hydrogen) atoms. The van der Waals surface area contributed by atoms with Crippen molar-refractivity contribution < 1.29 is 5.11 Å². The number of nitrogens with one attached hydrogen (secondary N) is 1. The van der Waals surface area contributed by atoms with Crippen molar-refractivity contribution in [3.63, 3.8) is 0 Å². The molecule has 1 aromatic heterocycles. The largest absolute Gasteiger partial charge is 0.492 e. The summed E-state index contributed by atoms with van der Waals surface area (Å²) < 4.78 is 1.52. The Morgan fingerprint density at radius 2 is 1.91 bits per heavy atom. The quantitative estimate of drug-likeness (QED) is 0.710. The van der Waals surface area contributed by atoms with E-state index in [9.17, 15) is 5.11 Å². The highest BCUT2D eigenvalue weighted by Gasteiger charge is 2.15. The lowest BCUT2D eigenvalue weighted by molar-refractivity contribution is 0.438. The lowest BCUT2D eigenvalue weighted by Crippen LogP contribution is -2.06. The van der Waals surface area contributed by atoms with Crippen molar-refractivity contribution in [2.24, 2.45) is 0 Å². The topological polar surface area (TPSA) is 50.1 Å². The molecule has 3 rings (SSSR count). The highest BCUT2D eigenvalue weighted by Crippen LogP contribution is 2.35. The van der Waals surface area contributed by atoms with Crippen molar-refractivity contribution in [1.82, 2.24) is 9.66 Å². The molecule has 0 saturated carbocycles. The molecule has 4 nitrogen and oxygen atoms in total. The number of anilines is 1. The molecular formula is C17H17N3OS. The van der Waals surface area contributed by atoms with Crippen LogP contribution in [0.25, 0.3) is 11.3 Å². The zero-order valence-corrected chi connectivity index (χ0v) is 13.3. The van der Waals surface area contributed by atoms with Gasteiger partial charge in [0.1, 0.15) is 12.0 Å². The number of aryl methyl sites for hydroxylation is 1. The molecule has 0 spiro atoms. The molecule has 0 aliphatic carbocycles. The summed E-state index contributed by atoms with van der Waals surface area (Å²) in [7, 11) is 0. The van der Waals surface area contributed by atoms with Gasteiger partial charge in [-0.3, -0.25) is 5.43 Å². The first-order valence-electron chi connectivity index (χ1n) is 6.92. The molecule has 3 aromatic rings. The number of thioether (sulfide) groups is 1. The summed E-state index contributed by atoms with van der Waals surface area (Å²) >= 11 is 1.65. The lowest BCUT2D eigenvalue weighted by Gasteiger charge is -2.09. The van der Waals surface area contributed by atoms with Gasteiger partial charge in [0, 0.05) is 10.5 Å². The third-order valence-corrected chi connectivity index (χ3v) is 4.16. The predicted octanol–water partition coefficient (Wildman–Crippen LogP) is 4.16. The third kappa shape index (κ3) is 2.80. The van der Waals surface area contributed by atoms with Gasteiger partial charge in [0.25, 0.3) is 0 Å². The number of hydrogen-bond acceptors (Lipinski definition) is 4. The Hall–Kier alpha value is -2.40. The SMILES string of the molecule is CSc1cc(C)ccc1-c1ncn(Nc2ccccc2)c1O. The number of imidazole rings is 1. The molecule has 2 N–H and O–H groups in total. The number of benzene rings is 2. The second kappa shape index (κ2) is 6.15. The van der Waals surface area contributed by atoms with Crippen LogP contribution in [0.5, 0.6) is 5.88 Å². The Labute approximate surface area is 133 Å². The highest BCUT2D eigenvalue weighted by atomic mass is 32.2. The minimum atomic E-state index is 0.100. The van der Waals surface area contributed by atoms with Crippen LogP contribution in [0.2, 0.25) is 0 Å². The standard InChI is InChI=1S/C17H17N3OS/c1-12-8-9-14(15(10-12)22-2)16-17(21)20(11-18-16)19-13-6-4-3-5-7-13/h3-11,19,21H,1-2H3. The minimum absolute atomic E-state index is 0.100. The summed E-state index contributed by atoms with van der Waals surface area (Å²) in [4.78, 5) is 5.46. The molecule has 0 radical (unpaired) electrons. The van der Waals surface area contributed by atoms with E-state index in [-0.39, 0.29) is 5.88 Å². The molecule has 0 unspecified atom stereocenters. The van der Waals surface area contributed by atoms with E-state index in [2.05, 4.69) is 23.4 Å². The predicted molar refractivity (Wildman–Crippen MR) is 91.3 cm³/mol. The lowest BCUT2D eigenvalue weighted by atomic mass is 10.1. The van der Waals surface area contributed by atoms with E-state index < -0.39 is 0 Å². The van der Waals surface area contributed by atoms with Gasteiger partial charge >= 0.3 is 0 Å². The monoisotopic (exact) mass is 311 g/mol. The summed E-state index contributed by atoms with van der Waals surface area (Å²) in [6.45, 7) is 2.05. The Bertz CT molecular complexity index is 784. The van der Waals surface area contributed by atoms with E-state index in [1.807, 2.05) is 48.7 Å². The van der Waals surface area contributed by atoms with Gasteiger partial charge in [-0.25, -0.2) is 9.66 Å². The van der Waals surface area contributed by atoms with E-state index in [4.69, 9.17) is 0 Å². The van der Waals surface area contributed by atoms with Gasteiger partial charge in [-0.05, 0) is 36.9 Å². The molecule has 0 amide bonds. The first-order chi connectivity index (χ1) is 10.7. The number of para-hydroxylation sites is 1. The van der Waals surface area contributed by atoms with Crippen molar-refractivity contribution in [2.45, 2.75) is 11.8 Å². The zero-order chi connectivity index (χ0) is 15.5. The van der Waals surface area contributed by atoms with Crippen molar-refractivity contribution in [3.05, 3.63) is 60.4 Å². The Kier molecular flexibility index (Phi) is 4.06. The first kappa shape index (κ1) is 14.5. The van der Waals surface area contributed by atoms with Gasteiger partial charge in [0.2, 0.25) is 5.88 Å². The number of aromatic hydroxyl groups is 1. The molecule has 2 aromatic carbocycles. The Morgan fingerprint density at radius 3 is 2.64 bits per heavy atom.